The molecule has 1 aromatic rings. The average Bonchev–Trinajstić information content (AvgIpc) is 2.89. The van der Waals surface area contributed by atoms with Crippen LogP contribution in [0.3, 0.4) is 0 Å². The number of likely N-dealkylation sites (tertiary alicyclic amines) is 1. The van der Waals surface area contributed by atoms with Gasteiger partial charge in [0, 0.05) is 18.7 Å². The summed E-state index contributed by atoms with van der Waals surface area (Å²) >= 11 is 0. The van der Waals surface area contributed by atoms with Crippen molar-refractivity contribution in [1.82, 2.24) is 4.90 Å². The Bertz CT molecular complexity index is 478. The molecule has 1 aliphatic heterocycles. The van der Waals surface area contributed by atoms with Crippen LogP contribution in [0.15, 0.2) is 18.2 Å². The van der Waals surface area contributed by atoms with Crippen LogP contribution in [0, 0.1) is 5.41 Å². The highest BCUT2D eigenvalue weighted by atomic mass is 16.5. The van der Waals surface area contributed by atoms with Crippen molar-refractivity contribution in [3.63, 3.8) is 0 Å². The largest absolute Gasteiger partial charge is 0.490 e. The highest BCUT2D eigenvalue weighted by Gasteiger charge is 2.32. The third kappa shape index (κ3) is 4.14. The van der Waals surface area contributed by atoms with E-state index in [0.29, 0.717) is 6.61 Å². The number of ether oxygens (including phenoxy) is 2. The van der Waals surface area contributed by atoms with Gasteiger partial charge in [0.15, 0.2) is 11.5 Å². The normalized spacial score (nSPS) is 22.0. The summed E-state index contributed by atoms with van der Waals surface area (Å²) in [4.78, 5) is 2.47. The number of nitrogens with zero attached hydrogens (tertiary/aromatic N) is 1. The molecule has 1 heterocycles. The van der Waals surface area contributed by atoms with Gasteiger partial charge in [-0.15, -0.1) is 0 Å². The summed E-state index contributed by atoms with van der Waals surface area (Å²) in [5.41, 5.74) is 7.37. The van der Waals surface area contributed by atoms with Gasteiger partial charge in [-0.1, -0.05) is 26.0 Å². The molecule has 1 unspecified atom stereocenters. The first-order chi connectivity index (χ1) is 10.6. The number of benzene rings is 1. The van der Waals surface area contributed by atoms with Gasteiger partial charge in [0.1, 0.15) is 0 Å². The second-order valence-electron chi connectivity index (χ2n) is 6.50. The van der Waals surface area contributed by atoms with Crippen LogP contribution in [0.25, 0.3) is 0 Å². The van der Waals surface area contributed by atoms with Gasteiger partial charge in [0.05, 0.1) is 13.2 Å². The summed E-state index contributed by atoms with van der Waals surface area (Å²) in [7, 11) is 0. The molecule has 1 aromatic carbocycles. The fourth-order valence-electron chi connectivity index (χ4n) is 2.99. The van der Waals surface area contributed by atoms with E-state index in [1.165, 1.54) is 12.0 Å². The Balaban J connectivity index is 2.14. The fourth-order valence-corrected chi connectivity index (χ4v) is 2.99. The number of para-hydroxylation sites is 1. The molecule has 0 bridgehead atoms. The van der Waals surface area contributed by atoms with Crippen molar-refractivity contribution in [2.45, 2.75) is 40.2 Å². The van der Waals surface area contributed by atoms with Gasteiger partial charge in [-0.05, 0) is 44.3 Å². The zero-order chi connectivity index (χ0) is 16.0. The minimum atomic E-state index is 0.252. The highest BCUT2D eigenvalue weighted by Crippen LogP contribution is 2.35. The van der Waals surface area contributed by atoms with E-state index < -0.39 is 0 Å². The summed E-state index contributed by atoms with van der Waals surface area (Å²) in [5.74, 6) is 1.77. The van der Waals surface area contributed by atoms with E-state index in [4.69, 9.17) is 15.2 Å². The smallest absolute Gasteiger partial charge is 0.165 e. The summed E-state index contributed by atoms with van der Waals surface area (Å²) in [6.07, 6.45) is 2.16. The van der Waals surface area contributed by atoms with Crippen LogP contribution in [0.1, 0.15) is 39.2 Å². The van der Waals surface area contributed by atoms with Gasteiger partial charge in [-0.3, -0.25) is 4.90 Å². The van der Waals surface area contributed by atoms with Gasteiger partial charge in [-0.25, -0.2) is 0 Å². The molecule has 4 nitrogen and oxygen atoms in total. The molecule has 1 saturated heterocycles. The zero-order valence-electron chi connectivity index (χ0n) is 14.2. The van der Waals surface area contributed by atoms with Crippen LogP contribution in [0.5, 0.6) is 11.5 Å². The summed E-state index contributed by atoms with van der Waals surface area (Å²) < 4.78 is 11.7. The van der Waals surface area contributed by atoms with Crippen molar-refractivity contribution in [1.29, 1.82) is 0 Å². The molecule has 0 spiro atoms. The van der Waals surface area contributed by atoms with Crippen LogP contribution in [-0.2, 0) is 6.54 Å². The van der Waals surface area contributed by atoms with Crippen molar-refractivity contribution in [3.8, 4) is 11.5 Å². The molecular weight excluding hydrogens is 276 g/mol. The fraction of sp³-hybridized carbons (Fsp3) is 0.667. The molecule has 124 valence electrons. The minimum Gasteiger partial charge on any atom is -0.490 e. The SMILES string of the molecule is CCCOc1c(CN2CCC(C)(CN)C2)cccc1OCC. The molecule has 0 amide bonds. The summed E-state index contributed by atoms with van der Waals surface area (Å²) in [5, 5.41) is 0. The van der Waals surface area contributed by atoms with Crippen LogP contribution < -0.4 is 15.2 Å². The standard InChI is InChI=1S/C18H30N2O2/c1-4-11-22-17-15(7-6-8-16(17)21-5-2)12-20-10-9-18(3,13-19)14-20/h6-8H,4-5,9-14,19H2,1-3H3. The van der Waals surface area contributed by atoms with Crippen molar-refractivity contribution in [2.75, 3.05) is 32.8 Å². The quantitative estimate of drug-likeness (QED) is 0.802. The molecule has 0 aliphatic carbocycles. The van der Waals surface area contributed by atoms with E-state index in [-0.39, 0.29) is 5.41 Å². The molecule has 4 heteroatoms. The zero-order valence-corrected chi connectivity index (χ0v) is 14.2. The Morgan fingerprint density at radius 3 is 2.73 bits per heavy atom. The molecule has 22 heavy (non-hydrogen) atoms. The third-order valence-corrected chi connectivity index (χ3v) is 4.33. The molecular formula is C18H30N2O2. The Kier molecular flexibility index (Phi) is 6.09. The van der Waals surface area contributed by atoms with E-state index in [1.807, 2.05) is 13.0 Å². The second kappa shape index (κ2) is 7.84. The van der Waals surface area contributed by atoms with Crippen LogP contribution >= 0.6 is 0 Å². The lowest BCUT2D eigenvalue weighted by atomic mass is 9.90. The van der Waals surface area contributed by atoms with Gasteiger partial charge in [-0.2, -0.15) is 0 Å². The topological polar surface area (TPSA) is 47.7 Å². The minimum absolute atomic E-state index is 0.252. The Morgan fingerprint density at radius 2 is 2.09 bits per heavy atom. The van der Waals surface area contributed by atoms with Crippen LogP contribution in [-0.4, -0.2) is 37.7 Å². The van der Waals surface area contributed by atoms with E-state index in [0.717, 1.165) is 50.7 Å². The number of nitrogens with two attached hydrogens (primary N) is 1. The maximum absolute atomic E-state index is 5.98. The Morgan fingerprint density at radius 1 is 1.27 bits per heavy atom. The monoisotopic (exact) mass is 306 g/mol. The van der Waals surface area contributed by atoms with Crippen molar-refractivity contribution in [2.24, 2.45) is 11.1 Å². The lowest BCUT2D eigenvalue weighted by Crippen LogP contribution is -2.31. The molecule has 2 rings (SSSR count). The molecule has 0 saturated carbocycles. The first-order valence-electron chi connectivity index (χ1n) is 8.41. The molecule has 2 N–H and O–H groups in total. The van der Waals surface area contributed by atoms with Crippen molar-refractivity contribution >= 4 is 0 Å². The van der Waals surface area contributed by atoms with E-state index in [9.17, 15) is 0 Å². The molecule has 0 aromatic heterocycles. The maximum Gasteiger partial charge on any atom is 0.165 e. The summed E-state index contributed by atoms with van der Waals surface area (Å²) in [6.45, 7) is 11.6. The lowest BCUT2D eigenvalue weighted by molar-refractivity contribution is 0.253. The van der Waals surface area contributed by atoms with E-state index in [1.54, 1.807) is 0 Å². The predicted molar refractivity (Wildman–Crippen MR) is 90.5 cm³/mol. The van der Waals surface area contributed by atoms with Crippen molar-refractivity contribution in [3.05, 3.63) is 23.8 Å². The van der Waals surface area contributed by atoms with Crippen LogP contribution in [0.2, 0.25) is 0 Å². The first-order valence-corrected chi connectivity index (χ1v) is 8.41. The first kappa shape index (κ1) is 17.1. The van der Waals surface area contributed by atoms with Gasteiger partial charge in [0.25, 0.3) is 0 Å². The van der Waals surface area contributed by atoms with Gasteiger partial charge in [0.2, 0.25) is 0 Å². The van der Waals surface area contributed by atoms with Gasteiger partial charge >= 0.3 is 0 Å². The average molecular weight is 306 g/mol. The number of hydrogen-bond acceptors (Lipinski definition) is 4. The van der Waals surface area contributed by atoms with Crippen LogP contribution in [0.4, 0.5) is 0 Å². The van der Waals surface area contributed by atoms with Crippen molar-refractivity contribution < 1.29 is 9.47 Å². The summed E-state index contributed by atoms with van der Waals surface area (Å²) in [6, 6.07) is 6.19. The number of rotatable bonds is 8. The molecule has 1 atom stereocenters. The highest BCUT2D eigenvalue weighted by molar-refractivity contribution is 5.46. The van der Waals surface area contributed by atoms with E-state index in [2.05, 4.69) is 30.9 Å². The molecule has 1 fully saturated rings. The maximum atomic E-state index is 5.98. The van der Waals surface area contributed by atoms with Gasteiger partial charge < -0.3 is 15.2 Å². The second-order valence-corrected chi connectivity index (χ2v) is 6.50. The third-order valence-electron chi connectivity index (χ3n) is 4.33. The predicted octanol–water partition coefficient (Wildman–Crippen LogP) is 3.04. The Labute approximate surface area is 134 Å². The number of hydrogen-bond donors (Lipinski definition) is 1. The Hall–Kier alpha value is -1.26. The molecule has 1 aliphatic rings. The lowest BCUT2D eigenvalue weighted by Gasteiger charge is -2.24. The van der Waals surface area contributed by atoms with E-state index >= 15 is 0 Å². The molecule has 0 radical (unpaired) electrons.